The van der Waals surface area contributed by atoms with Crippen LogP contribution in [0.4, 0.5) is 4.79 Å². The van der Waals surface area contributed by atoms with Crippen molar-refractivity contribution in [3.8, 4) is 0 Å². The first-order valence-electron chi connectivity index (χ1n) is 7.19. The fraction of sp³-hybridized carbons (Fsp3) is 0.857. The molecule has 1 aliphatic heterocycles. The predicted molar refractivity (Wildman–Crippen MR) is 70.1 cm³/mol. The fourth-order valence-corrected chi connectivity index (χ4v) is 3.11. The summed E-state index contributed by atoms with van der Waals surface area (Å²) in [6.45, 7) is 5.00. The van der Waals surface area contributed by atoms with E-state index in [0.717, 1.165) is 32.1 Å². The highest BCUT2D eigenvalue weighted by Crippen LogP contribution is 2.36. The summed E-state index contributed by atoms with van der Waals surface area (Å²) in [5.41, 5.74) is -0.525. The number of rotatable bonds is 3. The van der Waals surface area contributed by atoms with Gasteiger partial charge in [0, 0.05) is 6.54 Å². The molecule has 0 atom stereocenters. The molecule has 1 saturated carbocycles. The van der Waals surface area contributed by atoms with Gasteiger partial charge in [0.2, 0.25) is 0 Å². The Morgan fingerprint density at radius 1 is 1.17 bits per heavy atom. The van der Waals surface area contributed by atoms with Gasteiger partial charge in [-0.1, -0.05) is 39.5 Å². The van der Waals surface area contributed by atoms with Gasteiger partial charge in [0.15, 0.2) is 0 Å². The average molecular weight is 252 g/mol. The predicted octanol–water partition coefficient (Wildman–Crippen LogP) is 2.68. The third-order valence-corrected chi connectivity index (χ3v) is 4.27. The maximum atomic E-state index is 12.2. The standard InChI is InChI=1S/C14H24N2O2/c1-11(2)7-10-16-13(18)15-12(17)14(16)8-5-3-4-6-9-14/h11H,3-10H2,1-2H3,(H,15,17,18). The van der Waals surface area contributed by atoms with E-state index in [1.54, 1.807) is 0 Å². The summed E-state index contributed by atoms with van der Waals surface area (Å²) in [6.07, 6.45) is 7.11. The molecule has 0 radical (unpaired) electrons. The molecule has 0 unspecified atom stereocenters. The lowest BCUT2D eigenvalue weighted by Gasteiger charge is -2.35. The molecule has 4 nitrogen and oxygen atoms in total. The summed E-state index contributed by atoms with van der Waals surface area (Å²) in [4.78, 5) is 26.0. The Morgan fingerprint density at radius 3 is 2.33 bits per heavy atom. The highest BCUT2D eigenvalue weighted by Gasteiger charge is 2.51. The number of hydrogen-bond acceptors (Lipinski definition) is 2. The van der Waals surface area contributed by atoms with Crippen molar-refractivity contribution in [1.82, 2.24) is 10.2 Å². The van der Waals surface area contributed by atoms with Crippen molar-refractivity contribution >= 4 is 11.9 Å². The van der Waals surface area contributed by atoms with Crippen LogP contribution in [0, 0.1) is 5.92 Å². The molecule has 4 heteroatoms. The van der Waals surface area contributed by atoms with Crippen molar-refractivity contribution in [2.75, 3.05) is 6.54 Å². The van der Waals surface area contributed by atoms with Crippen LogP contribution >= 0.6 is 0 Å². The van der Waals surface area contributed by atoms with Crippen molar-refractivity contribution in [3.05, 3.63) is 0 Å². The summed E-state index contributed by atoms with van der Waals surface area (Å²) in [7, 11) is 0. The van der Waals surface area contributed by atoms with Gasteiger partial charge >= 0.3 is 6.03 Å². The van der Waals surface area contributed by atoms with E-state index in [0.29, 0.717) is 12.5 Å². The zero-order valence-corrected chi connectivity index (χ0v) is 11.5. The molecule has 1 N–H and O–H groups in total. The van der Waals surface area contributed by atoms with Gasteiger partial charge in [-0.25, -0.2) is 4.79 Å². The van der Waals surface area contributed by atoms with Gasteiger partial charge in [0.25, 0.3) is 5.91 Å². The lowest BCUT2D eigenvalue weighted by molar-refractivity contribution is -0.127. The molecule has 2 rings (SSSR count). The van der Waals surface area contributed by atoms with Crippen LogP contribution in [0.25, 0.3) is 0 Å². The third-order valence-electron chi connectivity index (χ3n) is 4.27. The van der Waals surface area contributed by atoms with Gasteiger partial charge in [-0.2, -0.15) is 0 Å². The zero-order chi connectivity index (χ0) is 13.2. The Bertz CT molecular complexity index is 331. The normalized spacial score (nSPS) is 23.6. The molecule has 0 aromatic heterocycles. The molecule has 0 bridgehead atoms. The van der Waals surface area contributed by atoms with Crippen LogP contribution in [-0.4, -0.2) is 28.9 Å². The molecule has 0 aromatic rings. The molecule has 0 aromatic carbocycles. The van der Waals surface area contributed by atoms with Crippen LogP contribution in [0.15, 0.2) is 0 Å². The van der Waals surface area contributed by atoms with Gasteiger partial charge in [-0.05, 0) is 25.2 Å². The van der Waals surface area contributed by atoms with Crippen LogP contribution in [0.2, 0.25) is 0 Å². The van der Waals surface area contributed by atoms with E-state index in [1.165, 1.54) is 12.8 Å². The molecule has 2 aliphatic rings. The molecule has 102 valence electrons. The lowest BCUT2D eigenvalue weighted by Crippen LogP contribution is -2.49. The van der Waals surface area contributed by atoms with Gasteiger partial charge in [0.05, 0.1) is 0 Å². The molecular formula is C14H24N2O2. The summed E-state index contributed by atoms with van der Waals surface area (Å²) >= 11 is 0. The van der Waals surface area contributed by atoms with Crippen LogP contribution in [0.1, 0.15) is 58.8 Å². The number of hydrogen-bond donors (Lipinski definition) is 1. The second kappa shape index (κ2) is 5.29. The van der Waals surface area contributed by atoms with E-state index in [2.05, 4.69) is 19.2 Å². The van der Waals surface area contributed by atoms with E-state index in [1.807, 2.05) is 4.90 Å². The number of nitrogens with one attached hydrogen (secondary N) is 1. The average Bonchev–Trinajstić information content (AvgIpc) is 2.49. The van der Waals surface area contributed by atoms with Crippen LogP contribution < -0.4 is 5.32 Å². The lowest BCUT2D eigenvalue weighted by atomic mass is 9.88. The molecule has 1 saturated heterocycles. The first-order chi connectivity index (χ1) is 8.56. The summed E-state index contributed by atoms with van der Waals surface area (Å²) in [6, 6.07) is -0.178. The monoisotopic (exact) mass is 252 g/mol. The van der Waals surface area contributed by atoms with Crippen LogP contribution in [-0.2, 0) is 4.79 Å². The van der Waals surface area contributed by atoms with Crippen molar-refractivity contribution < 1.29 is 9.59 Å². The van der Waals surface area contributed by atoms with E-state index < -0.39 is 5.54 Å². The third kappa shape index (κ3) is 2.38. The number of carbonyl (C=O) groups excluding carboxylic acids is 2. The topological polar surface area (TPSA) is 49.4 Å². The fourth-order valence-electron chi connectivity index (χ4n) is 3.11. The maximum absolute atomic E-state index is 12.2. The summed E-state index contributed by atoms with van der Waals surface area (Å²) in [5, 5.41) is 2.53. The van der Waals surface area contributed by atoms with E-state index >= 15 is 0 Å². The summed E-state index contributed by atoms with van der Waals surface area (Å²) in [5.74, 6) is 0.495. The first-order valence-corrected chi connectivity index (χ1v) is 7.19. The van der Waals surface area contributed by atoms with Gasteiger partial charge < -0.3 is 4.90 Å². The van der Waals surface area contributed by atoms with Crippen LogP contribution in [0.3, 0.4) is 0 Å². The van der Waals surface area contributed by atoms with Crippen LogP contribution in [0.5, 0.6) is 0 Å². The number of imide groups is 1. The second-order valence-electron chi connectivity index (χ2n) is 6.04. The van der Waals surface area contributed by atoms with E-state index in [9.17, 15) is 9.59 Å². The van der Waals surface area contributed by atoms with E-state index in [4.69, 9.17) is 0 Å². The van der Waals surface area contributed by atoms with Gasteiger partial charge in [0.1, 0.15) is 5.54 Å². The van der Waals surface area contributed by atoms with Crippen molar-refractivity contribution in [2.24, 2.45) is 5.92 Å². The Morgan fingerprint density at radius 2 is 1.78 bits per heavy atom. The molecule has 3 amide bonds. The largest absolute Gasteiger partial charge is 0.325 e. The SMILES string of the molecule is CC(C)CCN1C(=O)NC(=O)C12CCCCCC2. The Kier molecular flexibility index (Phi) is 3.93. The van der Waals surface area contributed by atoms with Crippen molar-refractivity contribution in [1.29, 1.82) is 0 Å². The Balaban J connectivity index is 2.17. The minimum absolute atomic E-state index is 0.0573. The maximum Gasteiger partial charge on any atom is 0.325 e. The molecular weight excluding hydrogens is 228 g/mol. The molecule has 1 heterocycles. The first kappa shape index (κ1) is 13.4. The highest BCUT2D eigenvalue weighted by atomic mass is 16.2. The Labute approximate surface area is 109 Å². The number of nitrogens with zero attached hydrogens (tertiary/aromatic N) is 1. The number of carbonyl (C=O) groups is 2. The van der Waals surface area contributed by atoms with Gasteiger partial charge in [-0.15, -0.1) is 0 Å². The minimum atomic E-state index is -0.525. The minimum Gasteiger partial charge on any atom is -0.310 e. The van der Waals surface area contributed by atoms with Crippen molar-refractivity contribution in [2.45, 2.75) is 64.3 Å². The van der Waals surface area contributed by atoms with Gasteiger partial charge in [-0.3, -0.25) is 10.1 Å². The molecule has 1 aliphatic carbocycles. The number of urea groups is 1. The number of amides is 3. The highest BCUT2D eigenvalue weighted by molar-refractivity contribution is 6.07. The van der Waals surface area contributed by atoms with E-state index in [-0.39, 0.29) is 11.9 Å². The zero-order valence-electron chi connectivity index (χ0n) is 11.5. The second-order valence-corrected chi connectivity index (χ2v) is 6.04. The smallest absolute Gasteiger partial charge is 0.310 e. The quantitative estimate of drug-likeness (QED) is 0.785. The van der Waals surface area contributed by atoms with Crippen molar-refractivity contribution in [3.63, 3.8) is 0 Å². The molecule has 1 spiro atoms. The molecule has 18 heavy (non-hydrogen) atoms. The summed E-state index contributed by atoms with van der Waals surface area (Å²) < 4.78 is 0. The molecule has 2 fully saturated rings. The Hall–Kier alpha value is -1.06.